The van der Waals surface area contributed by atoms with Gasteiger partial charge in [-0.1, -0.05) is 34.1 Å². The van der Waals surface area contributed by atoms with E-state index in [0.29, 0.717) is 6.42 Å². The number of hydrogen-bond donors (Lipinski definition) is 2. The standard InChI is InChI=1S/C20H32O3/c1-13(2)20(23)9-6-15-14(11-20)16(22)10-17-18(3,12-21)7-5-8-19(15,17)4/h11,13,15,17,21,23H,5-10,12H2,1-4H3. The largest absolute Gasteiger partial charge is 0.396 e. The molecule has 0 aromatic heterocycles. The van der Waals surface area contributed by atoms with Crippen molar-refractivity contribution < 1.29 is 15.0 Å². The number of fused-ring (bicyclic) bond motifs is 3. The van der Waals surface area contributed by atoms with Crippen molar-refractivity contribution in [3.05, 3.63) is 11.6 Å². The molecule has 2 saturated carbocycles. The number of ketones is 1. The van der Waals surface area contributed by atoms with Gasteiger partial charge in [-0.2, -0.15) is 0 Å². The molecule has 0 radical (unpaired) electrons. The summed E-state index contributed by atoms with van der Waals surface area (Å²) < 4.78 is 0. The van der Waals surface area contributed by atoms with E-state index < -0.39 is 5.60 Å². The molecule has 3 aliphatic rings. The van der Waals surface area contributed by atoms with Gasteiger partial charge in [-0.05, 0) is 65.9 Å². The molecule has 0 heterocycles. The quantitative estimate of drug-likeness (QED) is 0.819. The first-order valence-electron chi connectivity index (χ1n) is 9.25. The molecule has 5 unspecified atom stereocenters. The van der Waals surface area contributed by atoms with Gasteiger partial charge in [0.2, 0.25) is 0 Å². The zero-order valence-corrected chi connectivity index (χ0v) is 15.1. The lowest BCUT2D eigenvalue weighted by molar-refractivity contribution is -0.137. The predicted molar refractivity (Wildman–Crippen MR) is 90.9 cm³/mol. The Morgan fingerprint density at radius 3 is 2.57 bits per heavy atom. The van der Waals surface area contributed by atoms with Crippen molar-refractivity contribution in [1.29, 1.82) is 0 Å². The highest BCUT2D eigenvalue weighted by molar-refractivity contribution is 5.97. The third kappa shape index (κ3) is 2.42. The van der Waals surface area contributed by atoms with Crippen LogP contribution in [0.3, 0.4) is 0 Å². The Kier molecular flexibility index (Phi) is 4.04. The van der Waals surface area contributed by atoms with Gasteiger partial charge in [0, 0.05) is 13.0 Å². The molecule has 0 spiro atoms. The highest BCUT2D eigenvalue weighted by atomic mass is 16.3. The van der Waals surface area contributed by atoms with E-state index >= 15 is 0 Å². The SMILES string of the molecule is CC(C)C1(O)C=C2C(=O)CC3C(C)(CO)CCCC3(C)C2CC1. The van der Waals surface area contributed by atoms with E-state index in [9.17, 15) is 15.0 Å². The molecular formula is C20H32O3. The fourth-order valence-electron chi connectivity index (χ4n) is 5.80. The average Bonchev–Trinajstić information content (AvgIpc) is 2.50. The van der Waals surface area contributed by atoms with Crippen molar-refractivity contribution in [2.75, 3.05) is 6.61 Å². The number of carbonyl (C=O) groups is 1. The lowest BCUT2D eigenvalue weighted by Crippen LogP contribution is -2.55. The lowest BCUT2D eigenvalue weighted by atomic mass is 9.45. The fraction of sp³-hybridized carbons (Fsp3) is 0.850. The van der Waals surface area contributed by atoms with Gasteiger partial charge in [-0.15, -0.1) is 0 Å². The second kappa shape index (κ2) is 5.42. The van der Waals surface area contributed by atoms with Gasteiger partial charge < -0.3 is 10.2 Å². The predicted octanol–water partition coefficient (Wildman–Crippen LogP) is 3.49. The summed E-state index contributed by atoms with van der Waals surface area (Å²) in [6.07, 6.45) is 7.33. The van der Waals surface area contributed by atoms with Crippen LogP contribution in [0.5, 0.6) is 0 Å². The minimum atomic E-state index is -0.834. The Balaban J connectivity index is 2.03. The van der Waals surface area contributed by atoms with Crippen molar-refractivity contribution in [3.63, 3.8) is 0 Å². The van der Waals surface area contributed by atoms with E-state index in [1.165, 1.54) is 0 Å². The molecule has 5 atom stereocenters. The van der Waals surface area contributed by atoms with E-state index in [0.717, 1.165) is 37.7 Å². The minimum absolute atomic E-state index is 0.0772. The monoisotopic (exact) mass is 320 g/mol. The van der Waals surface area contributed by atoms with Gasteiger partial charge >= 0.3 is 0 Å². The molecule has 23 heavy (non-hydrogen) atoms. The summed E-state index contributed by atoms with van der Waals surface area (Å²) in [4.78, 5) is 12.9. The van der Waals surface area contributed by atoms with E-state index in [4.69, 9.17) is 0 Å². The highest BCUT2D eigenvalue weighted by Gasteiger charge is 2.58. The zero-order valence-electron chi connectivity index (χ0n) is 15.1. The van der Waals surface area contributed by atoms with Crippen molar-refractivity contribution in [1.82, 2.24) is 0 Å². The molecule has 3 nitrogen and oxygen atoms in total. The van der Waals surface area contributed by atoms with E-state index in [2.05, 4.69) is 13.8 Å². The van der Waals surface area contributed by atoms with Crippen LogP contribution in [0.1, 0.15) is 66.2 Å². The molecule has 0 saturated heterocycles. The molecule has 130 valence electrons. The number of aliphatic hydroxyl groups excluding tert-OH is 1. The first kappa shape index (κ1) is 17.2. The molecule has 2 N–H and O–H groups in total. The molecule has 0 bridgehead atoms. The summed E-state index contributed by atoms with van der Waals surface area (Å²) in [6.45, 7) is 8.71. The molecule has 0 aliphatic heterocycles. The van der Waals surface area contributed by atoms with Crippen molar-refractivity contribution in [3.8, 4) is 0 Å². The second-order valence-corrected chi connectivity index (χ2v) is 9.19. The summed E-state index contributed by atoms with van der Waals surface area (Å²) >= 11 is 0. The van der Waals surface area contributed by atoms with Crippen LogP contribution >= 0.6 is 0 Å². The molecule has 0 aromatic rings. The van der Waals surface area contributed by atoms with Crippen molar-refractivity contribution >= 4 is 5.78 Å². The van der Waals surface area contributed by atoms with Gasteiger partial charge in [0.25, 0.3) is 0 Å². The first-order chi connectivity index (χ1) is 10.7. The third-order valence-electron chi connectivity index (χ3n) is 7.58. The highest BCUT2D eigenvalue weighted by Crippen LogP contribution is 2.62. The number of aliphatic hydroxyl groups is 2. The number of carbonyl (C=O) groups excluding carboxylic acids is 1. The third-order valence-corrected chi connectivity index (χ3v) is 7.58. The van der Waals surface area contributed by atoms with E-state index in [1.54, 1.807) is 0 Å². The molecule has 3 rings (SSSR count). The van der Waals surface area contributed by atoms with Gasteiger partial charge in [0.05, 0.1) is 5.60 Å². The van der Waals surface area contributed by atoms with Gasteiger partial charge in [0.1, 0.15) is 0 Å². The Morgan fingerprint density at radius 2 is 1.96 bits per heavy atom. The topological polar surface area (TPSA) is 57.5 Å². The van der Waals surface area contributed by atoms with Crippen LogP contribution in [-0.4, -0.2) is 28.2 Å². The van der Waals surface area contributed by atoms with E-state index in [-0.39, 0.29) is 41.0 Å². The maximum absolute atomic E-state index is 12.9. The van der Waals surface area contributed by atoms with Crippen LogP contribution in [0.2, 0.25) is 0 Å². The molecule has 0 amide bonds. The number of hydrogen-bond acceptors (Lipinski definition) is 3. The summed E-state index contributed by atoms with van der Waals surface area (Å²) in [7, 11) is 0. The Morgan fingerprint density at radius 1 is 1.26 bits per heavy atom. The molecule has 2 fully saturated rings. The van der Waals surface area contributed by atoms with Gasteiger partial charge in [-0.3, -0.25) is 4.79 Å². The second-order valence-electron chi connectivity index (χ2n) is 9.19. The van der Waals surface area contributed by atoms with Crippen LogP contribution < -0.4 is 0 Å². The van der Waals surface area contributed by atoms with Crippen LogP contribution in [0.15, 0.2) is 11.6 Å². The summed E-state index contributed by atoms with van der Waals surface area (Å²) in [5.74, 6) is 0.841. The minimum Gasteiger partial charge on any atom is -0.396 e. The van der Waals surface area contributed by atoms with Crippen LogP contribution in [0.25, 0.3) is 0 Å². The number of rotatable bonds is 2. The van der Waals surface area contributed by atoms with Crippen LogP contribution in [0, 0.1) is 28.6 Å². The van der Waals surface area contributed by atoms with Crippen LogP contribution in [0.4, 0.5) is 0 Å². The molecule has 0 aromatic carbocycles. The van der Waals surface area contributed by atoms with Gasteiger partial charge in [-0.25, -0.2) is 0 Å². The number of Topliss-reactive ketones (excluding diaryl/α,β-unsaturated/α-hetero) is 1. The van der Waals surface area contributed by atoms with Crippen LogP contribution in [-0.2, 0) is 4.79 Å². The Hall–Kier alpha value is -0.670. The Bertz CT molecular complexity index is 537. The smallest absolute Gasteiger partial charge is 0.159 e. The maximum atomic E-state index is 12.9. The number of allylic oxidation sites excluding steroid dienone is 1. The van der Waals surface area contributed by atoms with E-state index in [1.807, 2.05) is 19.9 Å². The summed E-state index contributed by atoms with van der Waals surface area (Å²) in [6, 6.07) is 0. The molecule has 3 heteroatoms. The molecule has 3 aliphatic carbocycles. The Labute approximate surface area is 140 Å². The van der Waals surface area contributed by atoms with Gasteiger partial charge in [0.15, 0.2) is 5.78 Å². The fourth-order valence-corrected chi connectivity index (χ4v) is 5.80. The molecular weight excluding hydrogens is 288 g/mol. The van der Waals surface area contributed by atoms with Crippen molar-refractivity contribution in [2.24, 2.45) is 28.6 Å². The summed E-state index contributed by atoms with van der Waals surface area (Å²) in [5, 5.41) is 20.8. The average molecular weight is 320 g/mol. The first-order valence-corrected chi connectivity index (χ1v) is 9.25. The lowest BCUT2D eigenvalue weighted by Gasteiger charge is -2.59. The van der Waals surface area contributed by atoms with Crippen molar-refractivity contribution in [2.45, 2.75) is 71.8 Å². The summed E-state index contributed by atoms with van der Waals surface area (Å²) in [5.41, 5.74) is -0.0127. The zero-order chi connectivity index (χ0) is 17.0. The maximum Gasteiger partial charge on any atom is 0.159 e. The normalized spacial score (nSPS) is 47.1.